The van der Waals surface area contributed by atoms with E-state index < -0.39 is 0 Å². The van der Waals surface area contributed by atoms with Crippen LogP contribution in [0, 0.1) is 6.92 Å². The molecule has 24 heavy (non-hydrogen) atoms. The summed E-state index contributed by atoms with van der Waals surface area (Å²) in [5.41, 5.74) is 0.880. The number of methoxy groups -OCH3 is 2. The number of hydrogen-bond acceptors (Lipinski definition) is 4. The van der Waals surface area contributed by atoms with Crippen LogP contribution in [-0.2, 0) is 0 Å². The lowest BCUT2D eigenvalue weighted by Crippen LogP contribution is -2.27. The smallest absolute Gasteiger partial charge is 0.346 e. The molecule has 2 aromatic rings. The summed E-state index contributed by atoms with van der Waals surface area (Å²) in [7, 11) is 3.21. The van der Waals surface area contributed by atoms with Crippen LogP contribution in [0.15, 0.2) is 29.4 Å². The van der Waals surface area contributed by atoms with Gasteiger partial charge in [0.1, 0.15) is 0 Å². The molecule has 2 heterocycles. The van der Waals surface area contributed by atoms with Gasteiger partial charge in [-0.15, -0.1) is 11.3 Å². The molecule has 0 atom stereocenters. The minimum Gasteiger partial charge on any atom is -0.493 e. The molecule has 0 unspecified atom stereocenters. The number of nitrogens with zero attached hydrogens (tertiary/aromatic N) is 3. The average Bonchev–Trinajstić information content (AvgIpc) is 3.24. The molecule has 1 aromatic carbocycles. The van der Waals surface area contributed by atoms with Gasteiger partial charge >= 0.3 is 6.03 Å². The van der Waals surface area contributed by atoms with Crippen LogP contribution in [0.2, 0.25) is 0 Å². The molecular formula is C17H21N3O3S. The van der Waals surface area contributed by atoms with Crippen LogP contribution < -0.4 is 14.3 Å². The lowest BCUT2D eigenvalue weighted by molar-refractivity contribution is 0.218. The van der Waals surface area contributed by atoms with Gasteiger partial charge in [0, 0.05) is 30.2 Å². The number of hydrogen-bond donors (Lipinski definition) is 0. The van der Waals surface area contributed by atoms with Crippen LogP contribution in [0.5, 0.6) is 11.5 Å². The number of benzene rings is 1. The molecule has 6 nitrogen and oxygen atoms in total. The fourth-order valence-corrected chi connectivity index (χ4v) is 3.58. The highest BCUT2D eigenvalue weighted by Gasteiger charge is 2.17. The van der Waals surface area contributed by atoms with Gasteiger partial charge in [-0.25, -0.2) is 4.79 Å². The Hall–Kier alpha value is -2.28. The maximum atomic E-state index is 12.3. The molecule has 0 N–H and O–H groups in total. The normalized spacial score (nSPS) is 15.0. The van der Waals surface area contributed by atoms with Gasteiger partial charge in [-0.2, -0.15) is 4.99 Å². The Morgan fingerprint density at radius 1 is 1.17 bits per heavy atom. The topological polar surface area (TPSA) is 56.1 Å². The highest BCUT2D eigenvalue weighted by Crippen LogP contribution is 2.29. The second-order valence-electron chi connectivity index (χ2n) is 5.62. The number of ether oxygens (including phenoxy) is 2. The number of thiazole rings is 1. The largest absolute Gasteiger partial charge is 0.493 e. The fraction of sp³-hybridized carbons (Fsp3) is 0.412. The third-order valence-electron chi connectivity index (χ3n) is 3.98. The molecule has 128 valence electrons. The highest BCUT2D eigenvalue weighted by atomic mass is 32.1. The van der Waals surface area contributed by atoms with Crippen molar-refractivity contribution in [2.45, 2.75) is 19.8 Å². The third kappa shape index (κ3) is 3.31. The molecule has 0 bridgehead atoms. The van der Waals surface area contributed by atoms with Gasteiger partial charge in [0.05, 0.1) is 19.9 Å². The van der Waals surface area contributed by atoms with Crippen LogP contribution >= 0.6 is 11.3 Å². The minimum atomic E-state index is -0.163. The van der Waals surface area contributed by atoms with E-state index in [0.717, 1.165) is 36.5 Å². The van der Waals surface area contributed by atoms with E-state index in [2.05, 4.69) is 4.99 Å². The van der Waals surface area contributed by atoms with Crippen molar-refractivity contribution in [3.05, 3.63) is 34.1 Å². The summed E-state index contributed by atoms with van der Waals surface area (Å²) in [5, 5.41) is 0. The van der Waals surface area contributed by atoms with Crippen molar-refractivity contribution in [2.75, 3.05) is 27.3 Å². The van der Waals surface area contributed by atoms with Gasteiger partial charge in [-0.1, -0.05) is 0 Å². The number of aromatic nitrogens is 1. The Morgan fingerprint density at radius 2 is 1.88 bits per heavy atom. The van der Waals surface area contributed by atoms with E-state index in [-0.39, 0.29) is 6.03 Å². The average molecular weight is 347 g/mol. The van der Waals surface area contributed by atoms with E-state index in [9.17, 15) is 4.79 Å². The maximum Gasteiger partial charge on any atom is 0.346 e. The summed E-state index contributed by atoms with van der Waals surface area (Å²) < 4.78 is 12.6. The molecule has 7 heteroatoms. The Morgan fingerprint density at radius 3 is 2.54 bits per heavy atom. The summed E-state index contributed by atoms with van der Waals surface area (Å²) in [4.78, 5) is 20.2. The zero-order valence-corrected chi connectivity index (χ0v) is 14.9. The summed E-state index contributed by atoms with van der Waals surface area (Å²) in [6.45, 7) is 3.59. The summed E-state index contributed by atoms with van der Waals surface area (Å²) in [6.07, 6.45) is 4.09. The van der Waals surface area contributed by atoms with Gasteiger partial charge in [-0.3, -0.25) is 4.57 Å². The van der Waals surface area contributed by atoms with Gasteiger partial charge < -0.3 is 14.4 Å². The Bertz CT molecular complexity index is 804. The molecule has 1 saturated heterocycles. The van der Waals surface area contributed by atoms with E-state index >= 15 is 0 Å². The van der Waals surface area contributed by atoms with E-state index in [1.54, 1.807) is 19.1 Å². The van der Waals surface area contributed by atoms with Crippen molar-refractivity contribution < 1.29 is 14.3 Å². The van der Waals surface area contributed by atoms with Crippen molar-refractivity contribution in [2.24, 2.45) is 4.99 Å². The third-order valence-corrected chi connectivity index (χ3v) is 4.88. The number of amides is 2. The minimum absolute atomic E-state index is 0.163. The van der Waals surface area contributed by atoms with Gasteiger partial charge in [-0.05, 0) is 31.9 Å². The molecule has 0 saturated carbocycles. The molecule has 2 amide bonds. The highest BCUT2D eigenvalue weighted by molar-refractivity contribution is 7.09. The predicted molar refractivity (Wildman–Crippen MR) is 93.3 cm³/mol. The molecule has 1 aliphatic heterocycles. The van der Waals surface area contributed by atoms with Crippen LogP contribution in [0.1, 0.15) is 17.7 Å². The quantitative estimate of drug-likeness (QED) is 0.858. The molecular weight excluding hydrogens is 326 g/mol. The van der Waals surface area contributed by atoms with Crippen LogP contribution in [0.3, 0.4) is 0 Å². The fourth-order valence-electron chi connectivity index (χ4n) is 2.75. The molecule has 0 aliphatic carbocycles. The Balaban J connectivity index is 2.01. The van der Waals surface area contributed by atoms with Gasteiger partial charge in [0.2, 0.25) is 0 Å². The van der Waals surface area contributed by atoms with Gasteiger partial charge in [0.25, 0.3) is 0 Å². The van der Waals surface area contributed by atoms with Crippen LogP contribution in [-0.4, -0.2) is 42.8 Å². The summed E-state index contributed by atoms with van der Waals surface area (Å²) in [5.74, 6) is 1.31. The van der Waals surface area contributed by atoms with Crippen molar-refractivity contribution in [3.63, 3.8) is 0 Å². The zero-order valence-electron chi connectivity index (χ0n) is 14.1. The van der Waals surface area contributed by atoms with Crippen LogP contribution in [0.4, 0.5) is 4.79 Å². The molecule has 0 radical (unpaired) electrons. The van der Waals surface area contributed by atoms with E-state index in [1.165, 1.54) is 11.3 Å². The first-order valence-corrected chi connectivity index (χ1v) is 8.69. The van der Waals surface area contributed by atoms with Gasteiger partial charge in [0.15, 0.2) is 16.3 Å². The van der Waals surface area contributed by atoms with Crippen molar-refractivity contribution in [3.8, 4) is 17.2 Å². The second-order valence-corrected chi connectivity index (χ2v) is 6.84. The lowest BCUT2D eigenvalue weighted by Gasteiger charge is -2.12. The maximum absolute atomic E-state index is 12.3. The van der Waals surface area contributed by atoms with Crippen LogP contribution in [0.25, 0.3) is 5.69 Å². The number of likely N-dealkylation sites (tertiary alicyclic amines) is 1. The number of urea groups is 1. The lowest BCUT2D eigenvalue weighted by atomic mass is 10.2. The molecule has 1 aliphatic rings. The number of aryl methyl sites for hydroxylation is 1. The van der Waals surface area contributed by atoms with Crippen molar-refractivity contribution >= 4 is 17.4 Å². The molecule has 1 fully saturated rings. The standard InChI is InChI=1S/C17H21N3O3S/c1-12-11-20(13-6-7-14(22-2)15(10-13)23-3)17(24-12)18-16(21)19-8-4-5-9-19/h6-7,10-11H,4-5,8-9H2,1-3H3/b18-17-. The molecule has 3 rings (SSSR count). The number of carbonyl (C=O) groups excluding carboxylic acids is 1. The van der Waals surface area contributed by atoms with Crippen molar-refractivity contribution in [1.82, 2.24) is 9.47 Å². The summed E-state index contributed by atoms with van der Waals surface area (Å²) >= 11 is 1.50. The van der Waals surface area contributed by atoms with E-state index in [1.807, 2.05) is 35.9 Å². The van der Waals surface area contributed by atoms with E-state index in [0.29, 0.717) is 16.3 Å². The first-order valence-electron chi connectivity index (χ1n) is 7.87. The Kier molecular flexibility index (Phi) is 4.89. The summed E-state index contributed by atoms with van der Waals surface area (Å²) in [6, 6.07) is 5.49. The zero-order chi connectivity index (χ0) is 17.1. The van der Waals surface area contributed by atoms with Crippen molar-refractivity contribution in [1.29, 1.82) is 0 Å². The molecule has 0 spiro atoms. The monoisotopic (exact) mass is 347 g/mol. The SMILES string of the molecule is COc1ccc(-n2cc(C)s/c2=N\C(=O)N2CCCC2)cc1OC. The number of carbonyl (C=O) groups is 1. The molecule has 1 aromatic heterocycles. The first kappa shape index (κ1) is 16.6. The Labute approximate surface area is 145 Å². The number of rotatable bonds is 3. The second kappa shape index (κ2) is 7.09. The first-order chi connectivity index (χ1) is 11.6. The predicted octanol–water partition coefficient (Wildman–Crippen LogP) is 2.98. The van der Waals surface area contributed by atoms with E-state index in [4.69, 9.17) is 9.47 Å².